The summed E-state index contributed by atoms with van der Waals surface area (Å²) in [5, 5.41) is 9.97. The zero-order valence-corrected chi connectivity index (χ0v) is 18.0. The van der Waals surface area contributed by atoms with Crippen molar-refractivity contribution in [1.82, 2.24) is 15.5 Å². The highest BCUT2D eigenvalue weighted by Gasteiger charge is 2.23. The molecule has 2 fully saturated rings. The SMILES string of the molecule is CCN1CCCC1CNC(=NC)NCc1cccc(NC(=O)C2CCCCC2)c1. The van der Waals surface area contributed by atoms with Gasteiger partial charge in [0.1, 0.15) is 0 Å². The van der Waals surface area contributed by atoms with Crippen molar-refractivity contribution in [3.63, 3.8) is 0 Å². The van der Waals surface area contributed by atoms with E-state index in [0.29, 0.717) is 12.6 Å². The molecule has 1 aliphatic heterocycles. The molecule has 1 heterocycles. The molecule has 3 rings (SSSR count). The Morgan fingerprint density at radius 2 is 1.97 bits per heavy atom. The standard InChI is InChI=1S/C23H37N5O/c1-3-28-14-8-13-21(28)17-26-23(24-2)25-16-18-9-7-12-20(15-18)27-22(29)19-10-5-4-6-11-19/h7,9,12,15,19,21H,3-6,8,10-11,13-14,16-17H2,1-2H3,(H,27,29)(H2,24,25,26). The highest BCUT2D eigenvalue weighted by atomic mass is 16.1. The largest absolute Gasteiger partial charge is 0.355 e. The van der Waals surface area contributed by atoms with E-state index in [0.717, 1.165) is 43.1 Å². The third-order valence-corrected chi connectivity index (χ3v) is 6.26. The number of hydrogen-bond donors (Lipinski definition) is 3. The lowest BCUT2D eigenvalue weighted by Gasteiger charge is -2.24. The van der Waals surface area contributed by atoms with Gasteiger partial charge in [0.25, 0.3) is 0 Å². The van der Waals surface area contributed by atoms with Crippen LogP contribution in [-0.4, -0.2) is 49.5 Å². The topological polar surface area (TPSA) is 68.8 Å². The summed E-state index contributed by atoms with van der Waals surface area (Å²) in [4.78, 5) is 19.4. The monoisotopic (exact) mass is 399 g/mol. The van der Waals surface area contributed by atoms with Crippen molar-refractivity contribution in [3.05, 3.63) is 29.8 Å². The van der Waals surface area contributed by atoms with Crippen molar-refractivity contribution >= 4 is 17.6 Å². The van der Waals surface area contributed by atoms with Crippen LogP contribution in [-0.2, 0) is 11.3 Å². The number of anilines is 1. The van der Waals surface area contributed by atoms with Crippen LogP contribution >= 0.6 is 0 Å². The van der Waals surface area contributed by atoms with Crippen molar-refractivity contribution in [2.75, 3.05) is 32.0 Å². The molecule has 2 aliphatic rings. The van der Waals surface area contributed by atoms with Crippen molar-refractivity contribution < 1.29 is 4.79 Å². The molecule has 1 saturated heterocycles. The van der Waals surface area contributed by atoms with Gasteiger partial charge in [-0.25, -0.2) is 0 Å². The molecule has 0 aromatic heterocycles. The van der Waals surface area contributed by atoms with Crippen LogP contribution in [0.3, 0.4) is 0 Å². The lowest BCUT2D eigenvalue weighted by atomic mass is 9.88. The summed E-state index contributed by atoms with van der Waals surface area (Å²) < 4.78 is 0. The second-order valence-electron chi connectivity index (χ2n) is 8.26. The maximum absolute atomic E-state index is 12.5. The first kappa shape index (κ1) is 21.6. The summed E-state index contributed by atoms with van der Waals surface area (Å²) in [5.74, 6) is 1.17. The van der Waals surface area contributed by atoms with E-state index < -0.39 is 0 Å². The Morgan fingerprint density at radius 1 is 1.14 bits per heavy atom. The molecular formula is C23H37N5O. The number of hydrogen-bond acceptors (Lipinski definition) is 3. The number of carbonyl (C=O) groups excluding carboxylic acids is 1. The quantitative estimate of drug-likeness (QED) is 0.486. The van der Waals surface area contributed by atoms with Gasteiger partial charge in [0, 0.05) is 37.8 Å². The van der Waals surface area contributed by atoms with E-state index in [-0.39, 0.29) is 11.8 Å². The summed E-state index contributed by atoms with van der Waals surface area (Å²) in [6.07, 6.45) is 8.18. The van der Waals surface area contributed by atoms with Crippen LogP contribution in [0.25, 0.3) is 0 Å². The molecule has 1 aromatic carbocycles. The number of aliphatic imine (C=N–C) groups is 1. The van der Waals surface area contributed by atoms with Crippen LogP contribution in [0, 0.1) is 5.92 Å². The van der Waals surface area contributed by atoms with Gasteiger partial charge in [-0.2, -0.15) is 0 Å². The van der Waals surface area contributed by atoms with Crippen LogP contribution in [0.15, 0.2) is 29.3 Å². The molecule has 1 aliphatic carbocycles. The van der Waals surface area contributed by atoms with Gasteiger partial charge in [0.15, 0.2) is 5.96 Å². The number of guanidine groups is 1. The van der Waals surface area contributed by atoms with Crippen molar-refractivity contribution in [1.29, 1.82) is 0 Å². The summed E-state index contributed by atoms with van der Waals surface area (Å²) in [6, 6.07) is 8.69. The minimum Gasteiger partial charge on any atom is -0.355 e. The Bertz CT molecular complexity index is 684. The summed E-state index contributed by atoms with van der Waals surface area (Å²) in [6.45, 7) is 6.14. The first-order valence-electron chi connectivity index (χ1n) is 11.3. The molecule has 1 atom stereocenters. The molecule has 160 valence electrons. The summed E-state index contributed by atoms with van der Waals surface area (Å²) in [5.41, 5.74) is 2.01. The average Bonchev–Trinajstić information content (AvgIpc) is 3.22. The van der Waals surface area contributed by atoms with Gasteiger partial charge in [-0.05, 0) is 56.5 Å². The van der Waals surface area contributed by atoms with Crippen LogP contribution in [0.1, 0.15) is 57.4 Å². The zero-order chi connectivity index (χ0) is 20.5. The van der Waals surface area contributed by atoms with E-state index >= 15 is 0 Å². The highest BCUT2D eigenvalue weighted by molar-refractivity contribution is 5.92. The third-order valence-electron chi connectivity index (χ3n) is 6.26. The van der Waals surface area contributed by atoms with Crippen LogP contribution in [0.5, 0.6) is 0 Å². The van der Waals surface area contributed by atoms with Gasteiger partial charge in [0.05, 0.1) is 0 Å². The molecule has 1 unspecified atom stereocenters. The maximum Gasteiger partial charge on any atom is 0.227 e. The third kappa shape index (κ3) is 6.46. The van der Waals surface area contributed by atoms with Gasteiger partial charge in [-0.15, -0.1) is 0 Å². The maximum atomic E-state index is 12.5. The van der Waals surface area contributed by atoms with E-state index in [9.17, 15) is 4.79 Å². The summed E-state index contributed by atoms with van der Waals surface area (Å²) in [7, 11) is 1.81. The first-order chi connectivity index (χ1) is 14.2. The smallest absolute Gasteiger partial charge is 0.227 e. The van der Waals surface area contributed by atoms with E-state index in [1.165, 1.54) is 38.6 Å². The van der Waals surface area contributed by atoms with Crippen molar-refractivity contribution in [2.24, 2.45) is 10.9 Å². The Hall–Kier alpha value is -2.08. The Morgan fingerprint density at radius 3 is 2.72 bits per heavy atom. The normalized spacial score (nSPS) is 21.2. The minimum atomic E-state index is 0.171. The minimum absolute atomic E-state index is 0.171. The fourth-order valence-electron chi connectivity index (χ4n) is 4.53. The number of amides is 1. The fourth-order valence-corrected chi connectivity index (χ4v) is 4.53. The Balaban J connectivity index is 1.46. The number of likely N-dealkylation sites (N-methyl/N-ethyl adjacent to an activating group) is 1. The number of nitrogens with zero attached hydrogens (tertiary/aromatic N) is 2. The lowest BCUT2D eigenvalue weighted by molar-refractivity contribution is -0.120. The van der Waals surface area contributed by atoms with Gasteiger partial charge in [-0.3, -0.25) is 14.7 Å². The van der Waals surface area contributed by atoms with Crippen molar-refractivity contribution in [3.8, 4) is 0 Å². The highest BCUT2D eigenvalue weighted by Crippen LogP contribution is 2.25. The molecule has 0 bridgehead atoms. The molecule has 6 nitrogen and oxygen atoms in total. The fraction of sp³-hybridized carbons (Fsp3) is 0.652. The number of carbonyl (C=O) groups is 1. The Kier molecular flexibility index (Phi) is 8.35. The lowest BCUT2D eigenvalue weighted by Crippen LogP contribution is -2.44. The molecular weight excluding hydrogens is 362 g/mol. The van der Waals surface area contributed by atoms with Gasteiger partial charge in [-0.1, -0.05) is 38.3 Å². The molecule has 0 radical (unpaired) electrons. The second kappa shape index (κ2) is 11.2. The molecule has 6 heteroatoms. The van der Waals surface area contributed by atoms with E-state index in [1.54, 1.807) is 0 Å². The molecule has 1 amide bonds. The first-order valence-corrected chi connectivity index (χ1v) is 11.3. The van der Waals surface area contributed by atoms with E-state index in [2.05, 4.69) is 44.9 Å². The number of nitrogens with one attached hydrogen (secondary N) is 3. The predicted octanol–water partition coefficient (Wildman–Crippen LogP) is 3.35. The molecule has 1 aromatic rings. The van der Waals surface area contributed by atoms with Crippen molar-refractivity contribution in [2.45, 2.75) is 64.5 Å². The van der Waals surface area contributed by atoms with Crippen LogP contribution in [0.2, 0.25) is 0 Å². The number of likely N-dealkylation sites (tertiary alicyclic amines) is 1. The predicted molar refractivity (Wildman–Crippen MR) is 120 cm³/mol. The average molecular weight is 400 g/mol. The number of rotatable bonds is 7. The van der Waals surface area contributed by atoms with E-state index in [1.807, 2.05) is 19.2 Å². The molecule has 1 saturated carbocycles. The van der Waals surface area contributed by atoms with Gasteiger partial charge in [0.2, 0.25) is 5.91 Å². The van der Waals surface area contributed by atoms with Crippen LogP contribution in [0.4, 0.5) is 5.69 Å². The number of benzene rings is 1. The summed E-state index contributed by atoms with van der Waals surface area (Å²) >= 11 is 0. The van der Waals surface area contributed by atoms with E-state index in [4.69, 9.17) is 0 Å². The second-order valence-corrected chi connectivity index (χ2v) is 8.26. The zero-order valence-electron chi connectivity index (χ0n) is 18.0. The van der Waals surface area contributed by atoms with Gasteiger partial charge < -0.3 is 16.0 Å². The van der Waals surface area contributed by atoms with Crippen LogP contribution < -0.4 is 16.0 Å². The van der Waals surface area contributed by atoms with Gasteiger partial charge >= 0.3 is 0 Å². The molecule has 0 spiro atoms. The molecule has 3 N–H and O–H groups in total. The Labute approximate surface area is 175 Å². The molecule has 29 heavy (non-hydrogen) atoms.